The highest BCUT2D eigenvalue weighted by molar-refractivity contribution is 6.31. The zero-order valence-electron chi connectivity index (χ0n) is 16.9. The first-order chi connectivity index (χ1) is 14.0. The second-order valence-electron chi connectivity index (χ2n) is 6.33. The molecule has 0 aromatic heterocycles. The first kappa shape index (κ1) is 22.5. The molecule has 0 fully saturated rings. The topological polar surface area (TPSA) is 74.6 Å². The van der Waals surface area contributed by atoms with Crippen LogP contribution in [0, 0.1) is 11.3 Å². The summed E-state index contributed by atoms with van der Waals surface area (Å²) in [7, 11) is 1.49. The average molecular weight is 416 g/mol. The third-order valence-corrected chi connectivity index (χ3v) is 5.01. The SMILES string of the molecule is CCN(CC)C(CNC(=O)COc1ccc(C#N)cc1OC)c1ccccc1Cl. The lowest BCUT2D eigenvalue weighted by Crippen LogP contribution is -2.39. The molecule has 1 N–H and O–H groups in total. The van der Waals surface area contributed by atoms with Gasteiger partial charge in [0.1, 0.15) is 0 Å². The predicted molar refractivity (Wildman–Crippen MR) is 113 cm³/mol. The van der Waals surface area contributed by atoms with E-state index in [9.17, 15) is 4.79 Å². The van der Waals surface area contributed by atoms with Crippen molar-refractivity contribution >= 4 is 17.5 Å². The van der Waals surface area contributed by atoms with Crippen LogP contribution in [0.2, 0.25) is 5.02 Å². The van der Waals surface area contributed by atoms with Gasteiger partial charge in [0.15, 0.2) is 18.1 Å². The molecular weight excluding hydrogens is 390 g/mol. The van der Waals surface area contributed by atoms with Crippen molar-refractivity contribution in [3.63, 3.8) is 0 Å². The van der Waals surface area contributed by atoms with Crippen molar-refractivity contribution in [2.24, 2.45) is 0 Å². The molecule has 0 saturated carbocycles. The highest BCUT2D eigenvalue weighted by atomic mass is 35.5. The number of ether oxygens (including phenoxy) is 2. The van der Waals surface area contributed by atoms with Gasteiger partial charge in [0.25, 0.3) is 5.91 Å². The summed E-state index contributed by atoms with van der Waals surface area (Å²) in [6, 6.07) is 14.5. The van der Waals surface area contributed by atoms with E-state index in [1.807, 2.05) is 30.3 Å². The fourth-order valence-corrected chi connectivity index (χ4v) is 3.37. The summed E-state index contributed by atoms with van der Waals surface area (Å²) in [5.74, 6) is 0.572. The van der Waals surface area contributed by atoms with Crippen LogP contribution in [0.4, 0.5) is 0 Å². The number of rotatable bonds is 10. The van der Waals surface area contributed by atoms with Crippen LogP contribution < -0.4 is 14.8 Å². The van der Waals surface area contributed by atoms with Gasteiger partial charge in [0, 0.05) is 17.6 Å². The molecular formula is C22H26ClN3O3. The molecule has 2 rings (SSSR count). The van der Waals surface area contributed by atoms with Crippen molar-refractivity contribution in [1.82, 2.24) is 10.2 Å². The van der Waals surface area contributed by atoms with Gasteiger partial charge >= 0.3 is 0 Å². The van der Waals surface area contributed by atoms with Gasteiger partial charge in [-0.3, -0.25) is 9.69 Å². The Bertz CT molecular complexity index is 863. The van der Waals surface area contributed by atoms with Crippen LogP contribution >= 0.6 is 11.6 Å². The van der Waals surface area contributed by atoms with Crippen molar-refractivity contribution in [1.29, 1.82) is 5.26 Å². The number of methoxy groups -OCH3 is 1. The maximum atomic E-state index is 12.4. The zero-order chi connectivity index (χ0) is 21.2. The molecule has 0 spiro atoms. The minimum atomic E-state index is -0.249. The van der Waals surface area contributed by atoms with Crippen molar-refractivity contribution in [2.45, 2.75) is 19.9 Å². The van der Waals surface area contributed by atoms with E-state index < -0.39 is 0 Å². The third kappa shape index (κ3) is 6.11. The fraction of sp³-hybridized carbons (Fsp3) is 0.364. The normalized spacial score (nSPS) is 11.6. The molecule has 0 saturated heterocycles. The first-order valence-electron chi connectivity index (χ1n) is 9.50. The van der Waals surface area contributed by atoms with E-state index in [2.05, 4.69) is 24.1 Å². The largest absolute Gasteiger partial charge is 0.493 e. The fourth-order valence-electron chi connectivity index (χ4n) is 3.11. The summed E-state index contributed by atoms with van der Waals surface area (Å²) < 4.78 is 10.8. The smallest absolute Gasteiger partial charge is 0.258 e. The number of hydrogen-bond acceptors (Lipinski definition) is 5. The minimum Gasteiger partial charge on any atom is -0.493 e. The lowest BCUT2D eigenvalue weighted by Gasteiger charge is -2.30. The second kappa shape index (κ2) is 11.3. The Morgan fingerprint density at radius 1 is 1.21 bits per heavy atom. The van der Waals surface area contributed by atoms with Gasteiger partial charge in [-0.2, -0.15) is 5.26 Å². The quantitative estimate of drug-likeness (QED) is 0.638. The van der Waals surface area contributed by atoms with Gasteiger partial charge in [0.2, 0.25) is 0 Å². The van der Waals surface area contributed by atoms with Crippen LogP contribution in [0.1, 0.15) is 31.0 Å². The van der Waals surface area contributed by atoms with Gasteiger partial charge < -0.3 is 14.8 Å². The molecule has 1 atom stereocenters. The molecule has 29 heavy (non-hydrogen) atoms. The Balaban J connectivity index is 2.02. The number of carbonyl (C=O) groups is 1. The molecule has 154 valence electrons. The molecule has 0 aliphatic rings. The van der Waals surface area contributed by atoms with E-state index in [1.165, 1.54) is 7.11 Å². The molecule has 0 bridgehead atoms. The van der Waals surface area contributed by atoms with Gasteiger partial charge in [-0.25, -0.2) is 0 Å². The molecule has 0 radical (unpaired) electrons. The Morgan fingerprint density at radius 3 is 2.55 bits per heavy atom. The Hall–Kier alpha value is -2.75. The van der Waals surface area contributed by atoms with Crippen LogP contribution in [0.25, 0.3) is 0 Å². The number of nitrogens with one attached hydrogen (secondary N) is 1. The molecule has 0 aliphatic heterocycles. The van der Waals surface area contributed by atoms with Crippen LogP contribution in [0.5, 0.6) is 11.5 Å². The number of likely N-dealkylation sites (N-methyl/N-ethyl adjacent to an activating group) is 1. The zero-order valence-corrected chi connectivity index (χ0v) is 17.7. The van der Waals surface area contributed by atoms with Crippen molar-refractivity contribution in [2.75, 3.05) is 33.4 Å². The number of halogens is 1. The van der Waals surface area contributed by atoms with Gasteiger partial charge in [-0.05, 0) is 36.9 Å². The number of amides is 1. The van der Waals surface area contributed by atoms with Crippen LogP contribution in [-0.4, -0.2) is 44.2 Å². The number of nitrogens with zero attached hydrogens (tertiary/aromatic N) is 2. The molecule has 6 nitrogen and oxygen atoms in total. The molecule has 2 aromatic rings. The van der Waals surface area contributed by atoms with Gasteiger partial charge in [0.05, 0.1) is 24.8 Å². The molecule has 0 heterocycles. The maximum absolute atomic E-state index is 12.4. The van der Waals surface area contributed by atoms with Crippen LogP contribution in [0.3, 0.4) is 0 Å². The molecule has 1 unspecified atom stereocenters. The second-order valence-corrected chi connectivity index (χ2v) is 6.74. The highest BCUT2D eigenvalue weighted by Crippen LogP contribution is 2.28. The predicted octanol–water partition coefficient (Wildman–Crippen LogP) is 3.80. The lowest BCUT2D eigenvalue weighted by molar-refractivity contribution is -0.123. The Kier molecular flexibility index (Phi) is 8.78. The standard InChI is InChI=1S/C22H26ClN3O3/c1-4-26(5-2)19(17-8-6-7-9-18(17)23)14-25-22(27)15-29-20-11-10-16(13-24)12-21(20)28-3/h6-12,19H,4-5,14-15H2,1-3H3,(H,25,27). The lowest BCUT2D eigenvalue weighted by atomic mass is 10.0. The first-order valence-corrected chi connectivity index (χ1v) is 9.87. The van der Waals surface area contributed by atoms with E-state index in [0.717, 1.165) is 18.7 Å². The Morgan fingerprint density at radius 2 is 1.93 bits per heavy atom. The maximum Gasteiger partial charge on any atom is 0.258 e. The van der Waals surface area contributed by atoms with E-state index in [-0.39, 0.29) is 18.6 Å². The van der Waals surface area contributed by atoms with Crippen LogP contribution in [-0.2, 0) is 4.79 Å². The van der Waals surface area contributed by atoms with Crippen molar-refractivity contribution < 1.29 is 14.3 Å². The highest BCUT2D eigenvalue weighted by Gasteiger charge is 2.21. The summed E-state index contributed by atoms with van der Waals surface area (Å²) in [5.41, 5.74) is 1.44. The van der Waals surface area contributed by atoms with E-state index in [0.29, 0.717) is 28.6 Å². The number of carbonyl (C=O) groups excluding carboxylic acids is 1. The van der Waals surface area contributed by atoms with Gasteiger partial charge in [-0.1, -0.05) is 43.6 Å². The van der Waals surface area contributed by atoms with Gasteiger partial charge in [-0.15, -0.1) is 0 Å². The van der Waals surface area contributed by atoms with Crippen molar-refractivity contribution in [3.05, 3.63) is 58.6 Å². The number of hydrogen-bond donors (Lipinski definition) is 1. The third-order valence-electron chi connectivity index (χ3n) is 4.66. The van der Waals surface area contributed by atoms with Crippen molar-refractivity contribution in [3.8, 4) is 17.6 Å². The van der Waals surface area contributed by atoms with Crippen LogP contribution in [0.15, 0.2) is 42.5 Å². The summed E-state index contributed by atoms with van der Waals surface area (Å²) in [4.78, 5) is 14.6. The molecule has 1 amide bonds. The van der Waals surface area contributed by atoms with E-state index in [1.54, 1.807) is 18.2 Å². The summed E-state index contributed by atoms with van der Waals surface area (Å²) >= 11 is 6.39. The molecule has 7 heteroatoms. The number of nitriles is 1. The minimum absolute atomic E-state index is 0.0351. The summed E-state index contributed by atoms with van der Waals surface area (Å²) in [6.07, 6.45) is 0. The molecule has 0 aliphatic carbocycles. The Labute approximate surface area is 177 Å². The molecule has 2 aromatic carbocycles. The van der Waals surface area contributed by atoms with E-state index in [4.69, 9.17) is 26.3 Å². The summed E-state index contributed by atoms with van der Waals surface area (Å²) in [5, 5.41) is 12.6. The average Bonchev–Trinajstić information content (AvgIpc) is 2.75. The summed E-state index contributed by atoms with van der Waals surface area (Å²) in [6.45, 7) is 6.08. The monoisotopic (exact) mass is 415 g/mol. The number of benzene rings is 2. The van der Waals surface area contributed by atoms with E-state index >= 15 is 0 Å².